The summed E-state index contributed by atoms with van der Waals surface area (Å²) in [5.41, 5.74) is 2.20. The van der Waals surface area contributed by atoms with Gasteiger partial charge in [-0.25, -0.2) is 0 Å². The molecule has 1 saturated carbocycles. The van der Waals surface area contributed by atoms with Crippen LogP contribution in [0.15, 0.2) is 28.9 Å². The molecule has 2 aromatic rings. The second kappa shape index (κ2) is 4.95. The van der Waals surface area contributed by atoms with Crippen molar-refractivity contribution in [2.75, 3.05) is 18.1 Å². The summed E-state index contributed by atoms with van der Waals surface area (Å²) >= 11 is 0. The van der Waals surface area contributed by atoms with Gasteiger partial charge in [0.15, 0.2) is 11.6 Å². The number of hydrogen-bond donors (Lipinski definition) is 1. The van der Waals surface area contributed by atoms with Crippen LogP contribution in [0.25, 0.3) is 0 Å². The standard InChI is InChI=1S/C15H19N5O/c1-11-7-13(21-18-11)9-19-5-2-6-20(10-19)15-8-14(16-17-15)12-3-4-12/h2,5,7-8,12H,3-4,6,9-10H2,1H3,(H,16,17). The van der Waals surface area contributed by atoms with Crippen LogP contribution in [0.5, 0.6) is 0 Å². The topological polar surface area (TPSA) is 61.2 Å². The lowest BCUT2D eigenvalue weighted by Gasteiger charge is -2.32. The van der Waals surface area contributed by atoms with Gasteiger partial charge in [0.2, 0.25) is 0 Å². The van der Waals surface area contributed by atoms with Crippen LogP contribution in [0.4, 0.5) is 5.82 Å². The molecule has 6 nitrogen and oxygen atoms in total. The van der Waals surface area contributed by atoms with Gasteiger partial charge in [-0.2, -0.15) is 5.10 Å². The first-order chi connectivity index (χ1) is 10.3. The molecule has 110 valence electrons. The maximum Gasteiger partial charge on any atom is 0.156 e. The molecule has 1 fully saturated rings. The van der Waals surface area contributed by atoms with Crippen molar-refractivity contribution in [1.82, 2.24) is 20.3 Å². The Balaban J connectivity index is 1.44. The number of aryl methyl sites for hydroxylation is 1. The Hall–Kier alpha value is -2.24. The minimum absolute atomic E-state index is 0.708. The normalized spacial score (nSPS) is 18.5. The van der Waals surface area contributed by atoms with E-state index in [-0.39, 0.29) is 0 Å². The summed E-state index contributed by atoms with van der Waals surface area (Å²) in [5.74, 6) is 2.62. The van der Waals surface area contributed by atoms with Crippen LogP contribution in [-0.4, -0.2) is 33.5 Å². The van der Waals surface area contributed by atoms with Gasteiger partial charge in [-0.15, -0.1) is 0 Å². The molecule has 0 radical (unpaired) electrons. The first-order valence-electron chi connectivity index (χ1n) is 7.41. The smallest absolute Gasteiger partial charge is 0.156 e. The van der Waals surface area contributed by atoms with Gasteiger partial charge in [-0.1, -0.05) is 5.16 Å². The molecule has 21 heavy (non-hydrogen) atoms. The van der Waals surface area contributed by atoms with E-state index in [1.807, 2.05) is 13.0 Å². The van der Waals surface area contributed by atoms with Crippen molar-refractivity contribution >= 4 is 5.82 Å². The fraction of sp³-hybridized carbons (Fsp3) is 0.467. The van der Waals surface area contributed by atoms with Gasteiger partial charge in [0.25, 0.3) is 0 Å². The van der Waals surface area contributed by atoms with E-state index in [1.54, 1.807) is 0 Å². The van der Waals surface area contributed by atoms with Gasteiger partial charge < -0.3 is 14.3 Å². The molecule has 1 aliphatic heterocycles. The van der Waals surface area contributed by atoms with Gasteiger partial charge in [0.05, 0.1) is 18.9 Å². The highest BCUT2D eigenvalue weighted by molar-refractivity contribution is 5.42. The largest absolute Gasteiger partial charge is 0.359 e. The number of H-pyrrole nitrogens is 1. The van der Waals surface area contributed by atoms with Gasteiger partial charge in [0.1, 0.15) is 0 Å². The molecule has 6 heteroatoms. The summed E-state index contributed by atoms with van der Waals surface area (Å²) in [6, 6.07) is 4.17. The highest BCUT2D eigenvalue weighted by Crippen LogP contribution is 2.39. The number of hydrogen-bond acceptors (Lipinski definition) is 5. The summed E-state index contributed by atoms with van der Waals surface area (Å²) in [7, 11) is 0. The van der Waals surface area contributed by atoms with Crippen molar-refractivity contribution in [2.24, 2.45) is 0 Å². The average Bonchev–Trinajstić information content (AvgIpc) is 3.07. The van der Waals surface area contributed by atoms with Gasteiger partial charge >= 0.3 is 0 Å². The van der Waals surface area contributed by atoms with Crippen LogP contribution in [0.1, 0.15) is 35.9 Å². The van der Waals surface area contributed by atoms with Crippen LogP contribution in [0.3, 0.4) is 0 Å². The number of aromatic nitrogens is 3. The molecule has 3 heterocycles. The highest BCUT2D eigenvalue weighted by atomic mass is 16.5. The SMILES string of the molecule is Cc1cc(CN2C=CCN(c3cc(C4CC4)[nH]n3)C2)on1. The lowest BCUT2D eigenvalue weighted by Crippen LogP contribution is -2.38. The fourth-order valence-electron chi connectivity index (χ4n) is 2.70. The first kappa shape index (κ1) is 12.5. The third kappa shape index (κ3) is 2.66. The second-order valence-electron chi connectivity index (χ2n) is 5.89. The third-order valence-corrected chi connectivity index (χ3v) is 3.96. The first-order valence-corrected chi connectivity index (χ1v) is 7.41. The molecule has 0 saturated heterocycles. The van der Waals surface area contributed by atoms with Crippen LogP contribution >= 0.6 is 0 Å². The molecule has 2 aromatic heterocycles. The zero-order valence-electron chi connectivity index (χ0n) is 12.1. The third-order valence-electron chi connectivity index (χ3n) is 3.96. The molecular weight excluding hydrogens is 266 g/mol. The van der Waals surface area contributed by atoms with E-state index in [0.717, 1.165) is 37.0 Å². The molecule has 0 unspecified atom stereocenters. The number of nitrogens with zero attached hydrogens (tertiary/aromatic N) is 4. The Morgan fingerprint density at radius 3 is 3.05 bits per heavy atom. The summed E-state index contributed by atoms with van der Waals surface area (Å²) in [6.45, 7) is 4.37. The van der Waals surface area contributed by atoms with E-state index < -0.39 is 0 Å². The lowest BCUT2D eigenvalue weighted by molar-refractivity contribution is 0.289. The Labute approximate surface area is 123 Å². The number of anilines is 1. The van der Waals surface area contributed by atoms with Gasteiger partial charge in [-0.3, -0.25) is 5.10 Å². The fourth-order valence-corrected chi connectivity index (χ4v) is 2.70. The molecule has 0 spiro atoms. The maximum absolute atomic E-state index is 5.29. The molecule has 1 aliphatic carbocycles. The molecule has 2 aliphatic rings. The molecule has 0 aromatic carbocycles. The predicted molar refractivity (Wildman–Crippen MR) is 78.7 cm³/mol. The molecule has 1 N–H and O–H groups in total. The lowest BCUT2D eigenvalue weighted by atomic mass is 10.3. The van der Waals surface area contributed by atoms with E-state index in [4.69, 9.17) is 4.52 Å². The van der Waals surface area contributed by atoms with Crippen molar-refractivity contribution in [3.05, 3.63) is 41.6 Å². The monoisotopic (exact) mass is 285 g/mol. The van der Waals surface area contributed by atoms with Crippen molar-refractivity contribution in [3.8, 4) is 0 Å². The Kier molecular flexibility index (Phi) is 2.94. The average molecular weight is 285 g/mol. The molecule has 0 amide bonds. The predicted octanol–water partition coefficient (Wildman–Crippen LogP) is 2.38. The molecule has 4 rings (SSSR count). The Morgan fingerprint density at radius 2 is 2.29 bits per heavy atom. The summed E-state index contributed by atoms with van der Waals surface area (Å²) in [4.78, 5) is 4.46. The number of nitrogens with one attached hydrogen (secondary N) is 1. The molecular formula is C15H19N5O. The van der Waals surface area contributed by atoms with Gasteiger partial charge in [0, 0.05) is 30.3 Å². The molecule has 0 bridgehead atoms. The van der Waals surface area contributed by atoms with Crippen LogP contribution < -0.4 is 4.90 Å². The summed E-state index contributed by atoms with van der Waals surface area (Å²) in [6.07, 6.45) is 6.85. The summed E-state index contributed by atoms with van der Waals surface area (Å²) < 4.78 is 5.29. The minimum Gasteiger partial charge on any atom is -0.359 e. The van der Waals surface area contributed by atoms with E-state index >= 15 is 0 Å². The zero-order valence-corrected chi connectivity index (χ0v) is 12.1. The van der Waals surface area contributed by atoms with Crippen LogP contribution in [0.2, 0.25) is 0 Å². The van der Waals surface area contributed by atoms with E-state index in [0.29, 0.717) is 5.92 Å². The van der Waals surface area contributed by atoms with Crippen molar-refractivity contribution in [1.29, 1.82) is 0 Å². The minimum atomic E-state index is 0.708. The van der Waals surface area contributed by atoms with Crippen LogP contribution in [-0.2, 0) is 6.54 Å². The zero-order chi connectivity index (χ0) is 14.2. The maximum atomic E-state index is 5.29. The quantitative estimate of drug-likeness (QED) is 0.934. The van der Waals surface area contributed by atoms with E-state index in [9.17, 15) is 0 Å². The molecule has 0 atom stereocenters. The van der Waals surface area contributed by atoms with E-state index in [2.05, 4.69) is 43.5 Å². The number of rotatable bonds is 4. The van der Waals surface area contributed by atoms with Crippen molar-refractivity contribution < 1.29 is 4.52 Å². The van der Waals surface area contributed by atoms with E-state index in [1.165, 1.54) is 18.5 Å². The van der Waals surface area contributed by atoms with Gasteiger partial charge in [-0.05, 0) is 32.0 Å². The summed E-state index contributed by atoms with van der Waals surface area (Å²) in [5, 5.41) is 11.6. The van der Waals surface area contributed by atoms with Crippen LogP contribution in [0, 0.1) is 6.92 Å². The van der Waals surface area contributed by atoms with Crippen molar-refractivity contribution in [2.45, 2.75) is 32.2 Å². The number of aromatic amines is 1. The Morgan fingerprint density at radius 1 is 1.38 bits per heavy atom. The second-order valence-corrected chi connectivity index (χ2v) is 5.89. The van der Waals surface area contributed by atoms with Crippen molar-refractivity contribution in [3.63, 3.8) is 0 Å². The highest BCUT2D eigenvalue weighted by Gasteiger charge is 2.26. The Bertz CT molecular complexity index is 655.